The van der Waals surface area contributed by atoms with Crippen molar-refractivity contribution in [3.05, 3.63) is 99.0 Å². The lowest BCUT2D eigenvalue weighted by Gasteiger charge is -2.30. The van der Waals surface area contributed by atoms with Crippen LogP contribution in [-0.2, 0) is 19.1 Å². The molecule has 0 amide bonds. The van der Waals surface area contributed by atoms with E-state index in [-0.39, 0.29) is 41.3 Å². The normalized spacial score (nSPS) is 13.8. The number of ether oxygens (including phenoxy) is 2. The number of esters is 2. The van der Waals surface area contributed by atoms with Gasteiger partial charge in [0.05, 0.1) is 46.5 Å². The summed E-state index contributed by atoms with van der Waals surface area (Å²) < 4.78 is 12.3. The summed E-state index contributed by atoms with van der Waals surface area (Å²) in [5.74, 6) is -2.18. The van der Waals surface area contributed by atoms with E-state index >= 15 is 0 Å². The van der Waals surface area contributed by atoms with Crippen LogP contribution in [0, 0.1) is 10.1 Å². The Morgan fingerprint density at radius 3 is 2.05 bits per heavy atom. The Morgan fingerprint density at radius 2 is 1.50 bits per heavy atom. The third kappa shape index (κ3) is 4.93. The second-order valence-electron chi connectivity index (χ2n) is 8.56. The number of rotatable bonds is 8. The van der Waals surface area contributed by atoms with Crippen molar-refractivity contribution in [2.24, 2.45) is 0 Å². The number of nitrogens with one attached hydrogen (secondary N) is 1. The Balaban J connectivity index is 2.07. The number of benzene rings is 2. The Morgan fingerprint density at radius 1 is 0.947 bits per heavy atom. The molecular weight excluding hydrogens is 488 g/mol. The van der Waals surface area contributed by atoms with Gasteiger partial charge in [-0.2, -0.15) is 5.10 Å². The van der Waals surface area contributed by atoms with Crippen molar-refractivity contribution in [1.82, 2.24) is 15.1 Å². The highest BCUT2D eigenvalue weighted by atomic mass is 16.6. The lowest BCUT2D eigenvalue weighted by Crippen LogP contribution is -2.32. The Labute approximate surface area is 219 Å². The van der Waals surface area contributed by atoms with Gasteiger partial charge < -0.3 is 14.8 Å². The van der Waals surface area contributed by atoms with Gasteiger partial charge in [-0.3, -0.25) is 10.1 Å². The van der Waals surface area contributed by atoms with Crippen molar-refractivity contribution >= 4 is 17.6 Å². The number of nitro benzene ring substituents is 1. The highest BCUT2D eigenvalue weighted by Crippen LogP contribution is 2.44. The summed E-state index contributed by atoms with van der Waals surface area (Å²) in [6.07, 6.45) is 1.69. The summed E-state index contributed by atoms with van der Waals surface area (Å²) in [6.45, 7) is 7.07. The predicted octanol–water partition coefficient (Wildman–Crippen LogP) is 4.81. The predicted molar refractivity (Wildman–Crippen MR) is 140 cm³/mol. The van der Waals surface area contributed by atoms with Gasteiger partial charge >= 0.3 is 11.9 Å². The van der Waals surface area contributed by atoms with Gasteiger partial charge in [0.2, 0.25) is 0 Å². The molecule has 0 fully saturated rings. The van der Waals surface area contributed by atoms with Gasteiger partial charge in [0.15, 0.2) is 0 Å². The van der Waals surface area contributed by atoms with Crippen LogP contribution in [0.2, 0.25) is 0 Å². The van der Waals surface area contributed by atoms with E-state index in [4.69, 9.17) is 14.6 Å². The first-order chi connectivity index (χ1) is 18.3. The van der Waals surface area contributed by atoms with Gasteiger partial charge in [0.25, 0.3) is 5.69 Å². The van der Waals surface area contributed by atoms with E-state index in [0.717, 1.165) is 0 Å². The first-order valence-corrected chi connectivity index (χ1v) is 12.2. The average Bonchev–Trinajstić information content (AvgIpc) is 3.34. The molecule has 196 valence electrons. The number of allylic oxidation sites excluding steroid dienone is 2. The van der Waals surface area contributed by atoms with Crippen LogP contribution < -0.4 is 5.32 Å². The fourth-order valence-corrected chi connectivity index (χ4v) is 4.62. The smallest absolute Gasteiger partial charge is 0.336 e. The first kappa shape index (κ1) is 26.3. The molecule has 0 atom stereocenters. The third-order valence-corrected chi connectivity index (χ3v) is 6.18. The average molecular weight is 517 g/mol. The Bertz CT molecular complexity index is 1410. The first-order valence-electron chi connectivity index (χ1n) is 12.2. The van der Waals surface area contributed by atoms with Gasteiger partial charge in [0.1, 0.15) is 5.69 Å². The summed E-state index contributed by atoms with van der Waals surface area (Å²) in [4.78, 5) is 38.1. The fourth-order valence-electron chi connectivity index (χ4n) is 4.62. The molecule has 38 heavy (non-hydrogen) atoms. The molecule has 3 aromatic rings. The van der Waals surface area contributed by atoms with Crippen molar-refractivity contribution < 1.29 is 24.0 Å². The molecule has 0 unspecified atom stereocenters. The van der Waals surface area contributed by atoms with Crippen LogP contribution in [0.1, 0.15) is 39.2 Å². The van der Waals surface area contributed by atoms with Crippen LogP contribution >= 0.6 is 0 Å². The van der Waals surface area contributed by atoms with Crippen molar-refractivity contribution in [2.75, 3.05) is 13.2 Å². The molecule has 1 N–H and O–H groups in total. The molecule has 0 saturated heterocycles. The fraction of sp³-hybridized carbons (Fsp3) is 0.250. The lowest BCUT2D eigenvalue weighted by atomic mass is 9.79. The number of dihydropyridines is 1. The van der Waals surface area contributed by atoms with Crippen LogP contribution in [0.4, 0.5) is 5.69 Å². The van der Waals surface area contributed by atoms with Crippen LogP contribution in [0.15, 0.2) is 83.3 Å². The number of hydrogen-bond acceptors (Lipinski definition) is 8. The maximum absolute atomic E-state index is 13.3. The van der Waals surface area contributed by atoms with E-state index < -0.39 is 22.8 Å². The molecule has 1 aliphatic heterocycles. The maximum Gasteiger partial charge on any atom is 0.336 e. The number of carbonyl (C=O) groups excluding carboxylic acids is 2. The number of aromatic nitrogens is 2. The number of nitro groups is 1. The zero-order chi connectivity index (χ0) is 27.4. The Hall–Kier alpha value is -4.73. The number of carbonyl (C=O) groups is 2. The summed E-state index contributed by atoms with van der Waals surface area (Å²) in [5.41, 5.74) is 2.89. The van der Waals surface area contributed by atoms with E-state index in [1.54, 1.807) is 56.8 Å². The summed E-state index contributed by atoms with van der Waals surface area (Å²) in [5, 5.41) is 19.8. The van der Waals surface area contributed by atoms with E-state index in [1.165, 1.54) is 6.07 Å². The summed E-state index contributed by atoms with van der Waals surface area (Å²) in [7, 11) is 0. The molecule has 1 aromatic heterocycles. The monoisotopic (exact) mass is 516 g/mol. The number of para-hydroxylation sites is 2. The second kappa shape index (κ2) is 11.1. The molecule has 0 aliphatic carbocycles. The minimum atomic E-state index is -0.957. The Kier molecular flexibility index (Phi) is 7.71. The summed E-state index contributed by atoms with van der Waals surface area (Å²) in [6, 6.07) is 15.5. The summed E-state index contributed by atoms with van der Waals surface area (Å²) >= 11 is 0. The largest absolute Gasteiger partial charge is 0.463 e. The zero-order valence-corrected chi connectivity index (χ0v) is 21.6. The third-order valence-electron chi connectivity index (χ3n) is 6.18. The standard InChI is InChI=1S/C28H28N4O6/c1-5-37-27(33)23-17(3)29-18(4)24(28(34)38-6-2)25(23)21-16-31(19-12-8-7-9-13-19)30-26(21)20-14-10-11-15-22(20)32(35)36/h7-16,25,29H,5-6H2,1-4H3. The van der Waals surface area contributed by atoms with Gasteiger partial charge in [-0.25, -0.2) is 14.3 Å². The van der Waals surface area contributed by atoms with Crippen LogP contribution in [0.3, 0.4) is 0 Å². The molecular formula is C28H28N4O6. The van der Waals surface area contributed by atoms with E-state index in [0.29, 0.717) is 22.6 Å². The molecule has 1 aliphatic rings. The van der Waals surface area contributed by atoms with Crippen LogP contribution in [-0.4, -0.2) is 39.9 Å². The molecule has 0 bridgehead atoms. The highest BCUT2D eigenvalue weighted by Gasteiger charge is 2.41. The maximum atomic E-state index is 13.3. The molecule has 4 rings (SSSR count). The van der Waals surface area contributed by atoms with Gasteiger partial charge in [-0.05, 0) is 45.9 Å². The van der Waals surface area contributed by atoms with E-state index in [9.17, 15) is 19.7 Å². The number of hydrogen-bond donors (Lipinski definition) is 1. The van der Waals surface area contributed by atoms with E-state index in [1.807, 2.05) is 30.3 Å². The minimum absolute atomic E-state index is 0.125. The van der Waals surface area contributed by atoms with Gasteiger partial charge in [0, 0.05) is 29.2 Å². The zero-order valence-electron chi connectivity index (χ0n) is 21.6. The minimum Gasteiger partial charge on any atom is -0.463 e. The molecule has 0 spiro atoms. The molecule has 0 radical (unpaired) electrons. The number of nitrogens with zero attached hydrogens (tertiary/aromatic N) is 3. The molecule has 2 aromatic carbocycles. The SMILES string of the molecule is CCOC(=O)C1=C(C)NC(C)=C(C(=O)OCC)C1c1cn(-c2ccccc2)nc1-c1ccccc1[N+](=O)[O-]. The molecule has 0 saturated carbocycles. The molecule has 10 heteroatoms. The van der Waals surface area contributed by atoms with Crippen molar-refractivity contribution in [2.45, 2.75) is 33.6 Å². The van der Waals surface area contributed by atoms with Crippen LogP contribution in [0.25, 0.3) is 16.9 Å². The topological polar surface area (TPSA) is 126 Å². The highest BCUT2D eigenvalue weighted by molar-refractivity contribution is 6.00. The van der Waals surface area contributed by atoms with Gasteiger partial charge in [-0.1, -0.05) is 30.3 Å². The van der Waals surface area contributed by atoms with Crippen LogP contribution in [0.5, 0.6) is 0 Å². The van der Waals surface area contributed by atoms with Crippen molar-refractivity contribution in [1.29, 1.82) is 0 Å². The van der Waals surface area contributed by atoms with E-state index in [2.05, 4.69) is 5.32 Å². The molecule has 2 heterocycles. The second-order valence-corrected chi connectivity index (χ2v) is 8.56. The van der Waals surface area contributed by atoms with Crippen molar-refractivity contribution in [3.63, 3.8) is 0 Å². The molecule has 10 nitrogen and oxygen atoms in total. The van der Waals surface area contributed by atoms with Crippen molar-refractivity contribution in [3.8, 4) is 16.9 Å². The van der Waals surface area contributed by atoms with Gasteiger partial charge in [-0.15, -0.1) is 0 Å². The quantitative estimate of drug-likeness (QED) is 0.257. The lowest BCUT2D eigenvalue weighted by molar-refractivity contribution is -0.384.